The maximum absolute atomic E-state index is 9.10. The molecule has 2 aromatic carbocycles. The van der Waals surface area contributed by atoms with Gasteiger partial charge in [0.2, 0.25) is 0 Å². The van der Waals surface area contributed by atoms with Crippen LogP contribution in [0.4, 0.5) is 0 Å². The lowest BCUT2D eigenvalue weighted by Crippen LogP contribution is -2.26. The van der Waals surface area contributed by atoms with E-state index in [1.54, 1.807) is 22.3 Å². The van der Waals surface area contributed by atoms with Crippen molar-refractivity contribution < 1.29 is 19.8 Å². The van der Waals surface area contributed by atoms with E-state index >= 15 is 0 Å². The van der Waals surface area contributed by atoms with Crippen molar-refractivity contribution in [3.63, 3.8) is 0 Å². The van der Waals surface area contributed by atoms with Crippen LogP contribution in [-0.4, -0.2) is 47.2 Å². The van der Waals surface area contributed by atoms with Crippen molar-refractivity contribution >= 4 is 11.9 Å². The number of fused-ring (bicyclic) bond motifs is 8. The summed E-state index contributed by atoms with van der Waals surface area (Å²) in [5.41, 5.74) is 6.68. The van der Waals surface area contributed by atoms with Gasteiger partial charge in [0.1, 0.15) is 0 Å². The predicted molar refractivity (Wildman–Crippen MR) is 108 cm³/mol. The van der Waals surface area contributed by atoms with Gasteiger partial charge in [-0.25, -0.2) is 9.59 Å². The zero-order chi connectivity index (χ0) is 20.3. The van der Waals surface area contributed by atoms with E-state index in [0.717, 1.165) is 6.54 Å². The van der Waals surface area contributed by atoms with Gasteiger partial charge < -0.3 is 15.1 Å². The van der Waals surface area contributed by atoms with Gasteiger partial charge in [-0.3, -0.25) is 0 Å². The molecule has 0 atom stereocenters. The van der Waals surface area contributed by atoms with Gasteiger partial charge in [0.25, 0.3) is 0 Å². The summed E-state index contributed by atoms with van der Waals surface area (Å²) in [6.07, 6.45) is 3.85. The van der Waals surface area contributed by atoms with Crippen LogP contribution in [0.1, 0.15) is 54.4 Å². The van der Waals surface area contributed by atoms with Gasteiger partial charge in [-0.15, -0.1) is 0 Å². The minimum atomic E-state index is -1.82. The predicted octanol–water partition coefficient (Wildman–Crippen LogP) is 3.71. The highest BCUT2D eigenvalue weighted by Crippen LogP contribution is 2.61. The maximum atomic E-state index is 9.10. The smallest absolute Gasteiger partial charge is 0.414 e. The summed E-state index contributed by atoms with van der Waals surface area (Å²) < 4.78 is 0. The highest BCUT2D eigenvalue weighted by atomic mass is 16.4. The normalized spacial score (nSPS) is 20.9. The van der Waals surface area contributed by atoms with Gasteiger partial charge in [-0.2, -0.15) is 0 Å². The monoisotopic (exact) mass is 381 g/mol. The molecule has 0 saturated heterocycles. The van der Waals surface area contributed by atoms with Gasteiger partial charge in [0.15, 0.2) is 0 Å². The fourth-order valence-corrected chi connectivity index (χ4v) is 4.75. The first kappa shape index (κ1) is 20.1. The van der Waals surface area contributed by atoms with Gasteiger partial charge in [0, 0.05) is 11.3 Å². The Labute approximate surface area is 165 Å². The molecule has 0 radical (unpaired) electrons. The fourth-order valence-electron chi connectivity index (χ4n) is 4.75. The van der Waals surface area contributed by atoms with Crippen LogP contribution in [0, 0.1) is 0 Å². The second kappa shape index (κ2) is 8.15. The third kappa shape index (κ3) is 3.54. The van der Waals surface area contributed by atoms with E-state index in [2.05, 4.69) is 67.4 Å². The number of carboxylic acids is 2. The largest absolute Gasteiger partial charge is 0.473 e. The number of nitrogens with zero attached hydrogens (tertiary/aromatic N) is 1. The van der Waals surface area contributed by atoms with Crippen LogP contribution in [0.5, 0.6) is 0 Å². The second-order valence-electron chi connectivity index (χ2n) is 7.62. The summed E-state index contributed by atoms with van der Waals surface area (Å²) in [5, 5.41) is 14.8. The van der Waals surface area contributed by atoms with E-state index in [-0.39, 0.29) is 5.41 Å². The zero-order valence-electron chi connectivity index (χ0n) is 16.4. The molecular formula is C23H27NO4. The lowest BCUT2D eigenvalue weighted by Gasteiger charge is -2.32. The molecule has 4 rings (SSSR count). The van der Waals surface area contributed by atoms with Gasteiger partial charge in [0.05, 0.1) is 0 Å². The Morgan fingerprint density at radius 2 is 1.50 bits per heavy atom. The van der Waals surface area contributed by atoms with E-state index < -0.39 is 11.9 Å². The first-order valence-corrected chi connectivity index (χ1v) is 9.74. The quantitative estimate of drug-likeness (QED) is 0.772. The van der Waals surface area contributed by atoms with E-state index in [1.165, 1.54) is 25.8 Å². The van der Waals surface area contributed by atoms with Crippen molar-refractivity contribution in [2.45, 2.75) is 37.5 Å². The van der Waals surface area contributed by atoms with Gasteiger partial charge in [-0.1, -0.05) is 55.5 Å². The van der Waals surface area contributed by atoms with Crippen molar-refractivity contribution in [2.24, 2.45) is 0 Å². The van der Waals surface area contributed by atoms with Crippen LogP contribution in [0.2, 0.25) is 0 Å². The summed E-state index contributed by atoms with van der Waals surface area (Å²) in [7, 11) is 2.23. The Balaban J connectivity index is 0.000000330. The van der Waals surface area contributed by atoms with Crippen LogP contribution in [-0.2, 0) is 15.0 Å². The van der Waals surface area contributed by atoms with E-state index in [0.29, 0.717) is 5.92 Å². The number of aliphatic carboxylic acids is 2. The molecule has 5 nitrogen and oxygen atoms in total. The van der Waals surface area contributed by atoms with E-state index in [4.69, 9.17) is 19.8 Å². The maximum Gasteiger partial charge on any atom is 0.414 e. The van der Waals surface area contributed by atoms with Crippen molar-refractivity contribution in [1.29, 1.82) is 0 Å². The first-order valence-electron chi connectivity index (χ1n) is 9.74. The average Bonchev–Trinajstić information content (AvgIpc) is 3.21. The van der Waals surface area contributed by atoms with Crippen LogP contribution in [0.25, 0.3) is 0 Å². The molecule has 148 valence electrons. The number of rotatable bonds is 5. The summed E-state index contributed by atoms with van der Waals surface area (Å²) in [4.78, 5) is 20.6. The van der Waals surface area contributed by atoms with Crippen molar-refractivity contribution in [2.75, 3.05) is 20.1 Å². The average molecular weight is 381 g/mol. The number of hydrogen-bond acceptors (Lipinski definition) is 3. The lowest BCUT2D eigenvalue weighted by molar-refractivity contribution is -0.159. The zero-order valence-corrected chi connectivity index (χ0v) is 16.4. The SMILES string of the molecule is CCN(C)CCCC12CC(c3ccccc31)c1ccccc12.O=C(O)C(=O)O. The molecule has 0 heterocycles. The number of carboxylic acid groups (broad SMARTS) is 2. The Hall–Kier alpha value is -2.66. The molecule has 0 saturated carbocycles. The summed E-state index contributed by atoms with van der Waals surface area (Å²) in [5.74, 6) is -3.01. The van der Waals surface area contributed by atoms with Crippen molar-refractivity contribution in [1.82, 2.24) is 4.90 Å². The van der Waals surface area contributed by atoms with Gasteiger partial charge >= 0.3 is 11.9 Å². The van der Waals surface area contributed by atoms with Crippen molar-refractivity contribution in [3.05, 3.63) is 70.8 Å². The summed E-state index contributed by atoms with van der Waals surface area (Å²) in [6, 6.07) is 18.3. The summed E-state index contributed by atoms with van der Waals surface area (Å²) >= 11 is 0. The first-order chi connectivity index (χ1) is 13.4. The highest BCUT2D eigenvalue weighted by Gasteiger charge is 2.51. The Bertz CT molecular complexity index is 817. The Morgan fingerprint density at radius 3 is 1.96 bits per heavy atom. The molecule has 2 aromatic rings. The molecular weight excluding hydrogens is 354 g/mol. The molecule has 2 aliphatic rings. The minimum absolute atomic E-state index is 0.284. The van der Waals surface area contributed by atoms with Crippen molar-refractivity contribution in [3.8, 4) is 0 Å². The minimum Gasteiger partial charge on any atom is -0.473 e. The number of carbonyl (C=O) groups is 2. The van der Waals surface area contributed by atoms with Crippen LogP contribution in [0.3, 0.4) is 0 Å². The molecule has 0 fully saturated rings. The van der Waals surface area contributed by atoms with Gasteiger partial charge in [-0.05, 0) is 61.7 Å². The molecule has 0 spiro atoms. The molecule has 0 aliphatic heterocycles. The second-order valence-corrected chi connectivity index (χ2v) is 7.62. The standard InChI is InChI=1S/C21H25N.C2H2O4/c1-3-22(2)14-8-13-21-15-18(16-9-4-6-11-19(16)21)17-10-5-7-12-20(17)21;3-1(4)2(5)6/h4-7,9-12,18H,3,8,13-15H2,1-2H3;(H,3,4)(H,5,6). The molecule has 0 amide bonds. The third-order valence-electron chi connectivity index (χ3n) is 6.12. The summed E-state index contributed by atoms with van der Waals surface area (Å²) in [6.45, 7) is 4.58. The number of hydrogen-bond donors (Lipinski definition) is 2. The molecule has 28 heavy (non-hydrogen) atoms. The number of benzene rings is 2. The van der Waals surface area contributed by atoms with Crippen LogP contribution >= 0.6 is 0 Å². The van der Waals surface area contributed by atoms with Crippen LogP contribution in [0.15, 0.2) is 48.5 Å². The molecule has 0 unspecified atom stereocenters. The molecule has 2 N–H and O–H groups in total. The highest BCUT2D eigenvalue weighted by molar-refractivity contribution is 6.27. The van der Waals surface area contributed by atoms with Crippen LogP contribution < -0.4 is 0 Å². The lowest BCUT2D eigenvalue weighted by atomic mass is 9.72. The third-order valence-corrected chi connectivity index (χ3v) is 6.12. The van der Waals surface area contributed by atoms with E-state index in [9.17, 15) is 0 Å². The molecule has 2 aliphatic carbocycles. The Morgan fingerprint density at radius 1 is 1.00 bits per heavy atom. The topological polar surface area (TPSA) is 77.8 Å². The molecule has 0 aromatic heterocycles. The fraction of sp³-hybridized carbons (Fsp3) is 0.391. The Kier molecular flexibility index (Phi) is 5.84. The van der Waals surface area contributed by atoms with E-state index in [1.807, 2.05) is 0 Å². The molecule has 5 heteroatoms. The molecule has 2 bridgehead atoms.